The lowest BCUT2D eigenvalue weighted by Gasteiger charge is -1.88. The van der Waals surface area contributed by atoms with Crippen LogP contribution in [-0.4, -0.2) is 28.7 Å². The van der Waals surface area contributed by atoms with Crippen LogP contribution in [0.2, 0.25) is 0 Å². The zero-order valence-corrected chi connectivity index (χ0v) is 7.41. The molecule has 5 heteroatoms. The van der Waals surface area contributed by atoms with E-state index in [1.165, 1.54) is 6.92 Å². The molecule has 0 heterocycles. The molecule has 0 aromatic carbocycles. The van der Waals surface area contributed by atoms with Gasteiger partial charge in [-0.2, -0.15) is 0 Å². The molecule has 0 aromatic rings. The SMILES string of the molecule is C=C(C)C(=O)O.C=C(CO)C(N)=O. The van der Waals surface area contributed by atoms with Crippen LogP contribution in [0.25, 0.3) is 0 Å². The molecular formula is C8H13NO4. The third kappa shape index (κ3) is 10.4. The van der Waals surface area contributed by atoms with Crippen molar-refractivity contribution in [3.8, 4) is 0 Å². The van der Waals surface area contributed by atoms with Crippen molar-refractivity contribution in [1.82, 2.24) is 0 Å². The van der Waals surface area contributed by atoms with Crippen molar-refractivity contribution in [2.45, 2.75) is 6.92 Å². The quantitative estimate of drug-likeness (QED) is 0.526. The highest BCUT2D eigenvalue weighted by atomic mass is 16.4. The summed E-state index contributed by atoms with van der Waals surface area (Å²) in [4.78, 5) is 19.5. The molecule has 0 aliphatic heterocycles. The number of amides is 1. The van der Waals surface area contributed by atoms with Gasteiger partial charge in [-0.1, -0.05) is 13.2 Å². The molecule has 0 saturated carbocycles. The van der Waals surface area contributed by atoms with Crippen molar-refractivity contribution in [3.05, 3.63) is 24.3 Å². The van der Waals surface area contributed by atoms with Crippen LogP contribution < -0.4 is 5.73 Å². The highest BCUT2D eigenvalue weighted by Gasteiger charge is 1.94. The monoisotopic (exact) mass is 187 g/mol. The summed E-state index contributed by atoms with van der Waals surface area (Å²) in [5, 5.41) is 16.0. The predicted molar refractivity (Wildman–Crippen MR) is 47.9 cm³/mol. The highest BCUT2D eigenvalue weighted by Crippen LogP contribution is 1.81. The Morgan fingerprint density at radius 1 is 1.38 bits per heavy atom. The molecule has 0 radical (unpaired) electrons. The van der Waals surface area contributed by atoms with Gasteiger partial charge in [-0.05, 0) is 6.92 Å². The van der Waals surface area contributed by atoms with E-state index in [0.29, 0.717) is 0 Å². The number of nitrogens with two attached hydrogens (primary N) is 1. The molecule has 74 valence electrons. The van der Waals surface area contributed by atoms with Gasteiger partial charge in [0, 0.05) is 11.1 Å². The Hall–Kier alpha value is -1.62. The number of hydrogen-bond donors (Lipinski definition) is 3. The fourth-order valence-electron chi connectivity index (χ4n) is 0.0779. The third-order valence-corrected chi connectivity index (χ3v) is 0.904. The molecule has 0 spiro atoms. The van der Waals surface area contributed by atoms with Gasteiger partial charge < -0.3 is 15.9 Å². The van der Waals surface area contributed by atoms with Gasteiger partial charge in [0.05, 0.1) is 6.61 Å². The number of carboxylic acids is 1. The number of carboxylic acid groups (broad SMARTS) is 1. The molecule has 0 aliphatic carbocycles. The Morgan fingerprint density at radius 3 is 1.69 bits per heavy atom. The van der Waals surface area contributed by atoms with Gasteiger partial charge in [0.25, 0.3) is 0 Å². The van der Waals surface area contributed by atoms with Crippen LogP contribution >= 0.6 is 0 Å². The number of aliphatic hydroxyl groups excluding tert-OH is 1. The molecule has 0 aliphatic rings. The predicted octanol–water partition coefficient (Wildman–Crippen LogP) is -0.333. The number of hydrogen-bond acceptors (Lipinski definition) is 3. The first kappa shape index (κ1) is 13.9. The van der Waals surface area contributed by atoms with E-state index < -0.39 is 11.9 Å². The molecular weight excluding hydrogens is 174 g/mol. The summed E-state index contributed by atoms with van der Waals surface area (Å²) in [6.07, 6.45) is 0. The van der Waals surface area contributed by atoms with Gasteiger partial charge in [0.1, 0.15) is 0 Å². The van der Waals surface area contributed by atoms with Gasteiger partial charge in [0.15, 0.2) is 0 Å². The van der Waals surface area contributed by atoms with Gasteiger partial charge in [-0.15, -0.1) is 0 Å². The van der Waals surface area contributed by atoms with Gasteiger partial charge in [0.2, 0.25) is 5.91 Å². The second-order valence-corrected chi connectivity index (χ2v) is 2.21. The zero-order chi connectivity index (χ0) is 11.0. The number of rotatable bonds is 3. The Morgan fingerprint density at radius 2 is 1.69 bits per heavy atom. The summed E-state index contributed by atoms with van der Waals surface area (Å²) in [6, 6.07) is 0. The van der Waals surface area contributed by atoms with Crippen LogP contribution in [0.3, 0.4) is 0 Å². The van der Waals surface area contributed by atoms with Gasteiger partial charge in [-0.3, -0.25) is 4.79 Å². The molecule has 5 nitrogen and oxygen atoms in total. The first-order valence-corrected chi connectivity index (χ1v) is 3.30. The first-order valence-electron chi connectivity index (χ1n) is 3.30. The lowest BCUT2D eigenvalue weighted by atomic mass is 10.3. The average molecular weight is 187 g/mol. The van der Waals surface area contributed by atoms with Crippen LogP contribution in [0.4, 0.5) is 0 Å². The second-order valence-electron chi connectivity index (χ2n) is 2.21. The molecule has 0 fully saturated rings. The van der Waals surface area contributed by atoms with Crippen molar-refractivity contribution in [1.29, 1.82) is 0 Å². The number of aliphatic carboxylic acids is 1. The van der Waals surface area contributed by atoms with E-state index in [9.17, 15) is 9.59 Å². The fraction of sp³-hybridized carbons (Fsp3) is 0.250. The Labute approximate surface area is 76.2 Å². The van der Waals surface area contributed by atoms with Crippen LogP contribution in [0.5, 0.6) is 0 Å². The molecule has 1 amide bonds. The van der Waals surface area contributed by atoms with E-state index in [1.807, 2.05) is 0 Å². The maximum Gasteiger partial charge on any atom is 0.330 e. The zero-order valence-electron chi connectivity index (χ0n) is 7.41. The minimum Gasteiger partial charge on any atom is -0.478 e. The standard InChI is InChI=1S/C4H7NO2.C4H6O2/c1-3(2-6)4(5)7;1-3(2)4(5)6/h6H,1-2H2,(H2,5,7);1H2,2H3,(H,5,6). The van der Waals surface area contributed by atoms with Crippen molar-refractivity contribution < 1.29 is 19.8 Å². The van der Waals surface area contributed by atoms with Crippen LogP contribution in [0, 0.1) is 0 Å². The normalized spacial score (nSPS) is 7.85. The van der Waals surface area contributed by atoms with Crippen LogP contribution in [-0.2, 0) is 9.59 Å². The Bertz CT molecular complexity index is 220. The maximum atomic E-state index is 9.89. The van der Waals surface area contributed by atoms with Crippen molar-refractivity contribution in [2.75, 3.05) is 6.61 Å². The van der Waals surface area contributed by atoms with E-state index in [2.05, 4.69) is 18.9 Å². The number of aliphatic hydroxyl groups is 1. The minimum absolute atomic E-state index is 0.0417. The lowest BCUT2D eigenvalue weighted by Crippen LogP contribution is -2.14. The van der Waals surface area contributed by atoms with Crippen LogP contribution in [0.15, 0.2) is 24.3 Å². The van der Waals surface area contributed by atoms with Gasteiger partial charge >= 0.3 is 5.97 Å². The Kier molecular flexibility index (Phi) is 7.56. The molecule has 0 saturated heterocycles. The second kappa shape index (κ2) is 7.05. The molecule has 0 aromatic heterocycles. The molecule has 0 bridgehead atoms. The maximum absolute atomic E-state index is 9.89. The van der Waals surface area contributed by atoms with Crippen molar-refractivity contribution in [3.63, 3.8) is 0 Å². The molecule has 13 heavy (non-hydrogen) atoms. The molecule has 0 atom stereocenters. The third-order valence-electron chi connectivity index (χ3n) is 0.904. The fourth-order valence-corrected chi connectivity index (χ4v) is 0.0779. The topological polar surface area (TPSA) is 101 Å². The van der Waals surface area contributed by atoms with Crippen molar-refractivity contribution >= 4 is 11.9 Å². The smallest absolute Gasteiger partial charge is 0.330 e. The first-order chi connectivity index (χ1) is 5.82. The lowest BCUT2D eigenvalue weighted by molar-refractivity contribution is -0.132. The van der Waals surface area contributed by atoms with Crippen molar-refractivity contribution in [2.24, 2.45) is 5.73 Å². The van der Waals surface area contributed by atoms with E-state index >= 15 is 0 Å². The Balaban J connectivity index is 0. The van der Waals surface area contributed by atoms with E-state index in [-0.39, 0.29) is 17.8 Å². The summed E-state index contributed by atoms with van der Waals surface area (Å²) in [5.41, 5.74) is 4.87. The highest BCUT2D eigenvalue weighted by molar-refractivity contribution is 5.91. The molecule has 0 rings (SSSR count). The van der Waals surface area contributed by atoms with E-state index in [4.69, 9.17) is 10.2 Å². The number of carbonyl (C=O) groups excluding carboxylic acids is 1. The summed E-state index contributed by atoms with van der Waals surface area (Å²) in [5.74, 6) is -1.59. The summed E-state index contributed by atoms with van der Waals surface area (Å²) < 4.78 is 0. The molecule has 0 unspecified atom stereocenters. The molecule has 4 N–H and O–H groups in total. The number of primary amides is 1. The average Bonchev–Trinajstić information content (AvgIpc) is 2.03. The summed E-state index contributed by atoms with van der Waals surface area (Å²) in [6.45, 7) is 7.40. The summed E-state index contributed by atoms with van der Waals surface area (Å²) >= 11 is 0. The van der Waals surface area contributed by atoms with Gasteiger partial charge in [-0.25, -0.2) is 4.79 Å². The van der Waals surface area contributed by atoms with E-state index in [0.717, 1.165) is 0 Å². The summed E-state index contributed by atoms with van der Waals surface area (Å²) in [7, 11) is 0. The largest absolute Gasteiger partial charge is 0.478 e. The van der Waals surface area contributed by atoms with Crippen LogP contribution in [0.1, 0.15) is 6.92 Å². The minimum atomic E-state index is -0.935. The number of carbonyl (C=O) groups is 2. The van der Waals surface area contributed by atoms with E-state index in [1.54, 1.807) is 0 Å².